The second-order valence-corrected chi connectivity index (χ2v) is 5.18. The van der Waals surface area contributed by atoms with E-state index in [0.717, 1.165) is 23.4 Å². The molecule has 0 spiro atoms. The zero-order valence-electron chi connectivity index (χ0n) is 11.8. The lowest BCUT2D eigenvalue weighted by Gasteiger charge is -2.19. The lowest BCUT2D eigenvalue weighted by atomic mass is 9.95. The third-order valence-electron chi connectivity index (χ3n) is 3.75. The number of nitrogens with zero attached hydrogens (tertiary/aromatic N) is 1. The number of nitrogens with one attached hydrogen (secondary N) is 1. The molecular weight excluding hydrogens is 264 g/mol. The van der Waals surface area contributed by atoms with E-state index in [1.165, 1.54) is 0 Å². The first-order valence-electron chi connectivity index (χ1n) is 7.08. The molecule has 2 aromatic rings. The van der Waals surface area contributed by atoms with Gasteiger partial charge in [-0.1, -0.05) is 31.2 Å². The molecule has 0 saturated carbocycles. The van der Waals surface area contributed by atoms with Gasteiger partial charge in [0.15, 0.2) is 0 Å². The van der Waals surface area contributed by atoms with E-state index < -0.39 is 0 Å². The van der Waals surface area contributed by atoms with Gasteiger partial charge in [0.2, 0.25) is 0 Å². The zero-order valence-corrected chi connectivity index (χ0v) is 11.8. The number of aliphatic imine (C=N–C) groups is 1. The van der Waals surface area contributed by atoms with Gasteiger partial charge in [0.25, 0.3) is 0 Å². The van der Waals surface area contributed by atoms with Gasteiger partial charge >= 0.3 is 0 Å². The lowest BCUT2D eigenvalue weighted by molar-refractivity contribution is 0.472. The Balaban J connectivity index is 1.95. The summed E-state index contributed by atoms with van der Waals surface area (Å²) in [5.74, 6) is 1.49. The van der Waals surface area contributed by atoms with Crippen LogP contribution in [0.2, 0.25) is 0 Å². The number of phenolic OH excluding ortho intramolecular Hbond substituents is 2. The fourth-order valence-electron chi connectivity index (χ4n) is 2.62. The first-order valence-corrected chi connectivity index (χ1v) is 7.08. The fourth-order valence-corrected chi connectivity index (χ4v) is 2.62. The highest BCUT2D eigenvalue weighted by atomic mass is 16.3. The molecule has 1 aliphatic heterocycles. The Morgan fingerprint density at radius 1 is 0.905 bits per heavy atom. The molecule has 2 atom stereocenters. The molecule has 0 bridgehead atoms. The Bertz CT molecular complexity index is 647. The van der Waals surface area contributed by atoms with E-state index in [0.29, 0.717) is 0 Å². The molecule has 21 heavy (non-hydrogen) atoms. The van der Waals surface area contributed by atoms with Gasteiger partial charge in [-0.2, -0.15) is 0 Å². The van der Waals surface area contributed by atoms with Crippen molar-refractivity contribution in [3.05, 3.63) is 59.7 Å². The zero-order chi connectivity index (χ0) is 14.8. The highest BCUT2D eigenvalue weighted by molar-refractivity contribution is 5.84. The predicted octanol–water partition coefficient (Wildman–Crippen LogP) is 3.29. The molecule has 0 aromatic heterocycles. The number of rotatable bonds is 3. The molecule has 0 fully saturated rings. The maximum absolute atomic E-state index is 9.43. The fraction of sp³-hybridized carbons (Fsp3) is 0.235. The lowest BCUT2D eigenvalue weighted by Crippen LogP contribution is -2.23. The number of hydrogen-bond donors (Lipinski definition) is 3. The summed E-state index contributed by atoms with van der Waals surface area (Å²) >= 11 is 0. The Morgan fingerprint density at radius 3 is 1.95 bits per heavy atom. The molecule has 108 valence electrons. The van der Waals surface area contributed by atoms with Crippen LogP contribution in [0.15, 0.2) is 53.5 Å². The summed E-state index contributed by atoms with van der Waals surface area (Å²) in [5, 5.41) is 22.3. The van der Waals surface area contributed by atoms with E-state index in [4.69, 9.17) is 4.99 Å². The summed E-state index contributed by atoms with van der Waals surface area (Å²) in [4.78, 5) is 4.75. The molecule has 0 aliphatic carbocycles. The van der Waals surface area contributed by atoms with Crippen LogP contribution in [0.3, 0.4) is 0 Å². The Hall–Kier alpha value is -2.49. The van der Waals surface area contributed by atoms with Crippen molar-refractivity contribution in [3.8, 4) is 11.5 Å². The number of amidine groups is 1. The minimum absolute atomic E-state index is 0.0231. The van der Waals surface area contributed by atoms with Gasteiger partial charge in [-0.25, -0.2) is 0 Å². The van der Waals surface area contributed by atoms with Crippen molar-refractivity contribution in [2.75, 3.05) is 0 Å². The standard InChI is InChI=1S/C17H18N2O2/c1-2-15-18-16(11-3-7-13(20)8-4-11)17(19-15)12-5-9-14(21)10-6-12/h3-10,16-17,20-21H,2H2,1H3,(H,18,19)/t16-,17+. The summed E-state index contributed by atoms with van der Waals surface area (Å²) in [6.45, 7) is 2.07. The van der Waals surface area contributed by atoms with Gasteiger partial charge in [0.1, 0.15) is 17.5 Å². The van der Waals surface area contributed by atoms with Gasteiger partial charge in [-0.05, 0) is 35.4 Å². The maximum atomic E-state index is 9.43. The van der Waals surface area contributed by atoms with E-state index in [9.17, 15) is 10.2 Å². The first kappa shape index (κ1) is 13.5. The van der Waals surface area contributed by atoms with Gasteiger partial charge in [0, 0.05) is 6.42 Å². The maximum Gasteiger partial charge on any atom is 0.115 e. The topological polar surface area (TPSA) is 64.9 Å². The van der Waals surface area contributed by atoms with Crippen LogP contribution in [-0.4, -0.2) is 16.0 Å². The van der Waals surface area contributed by atoms with Gasteiger partial charge < -0.3 is 15.5 Å². The van der Waals surface area contributed by atoms with Crippen LogP contribution in [0.1, 0.15) is 36.6 Å². The van der Waals surface area contributed by atoms with Gasteiger partial charge in [-0.15, -0.1) is 0 Å². The molecular formula is C17H18N2O2. The Kier molecular flexibility index (Phi) is 3.52. The molecule has 0 radical (unpaired) electrons. The highest BCUT2D eigenvalue weighted by Gasteiger charge is 2.30. The average Bonchev–Trinajstić information content (AvgIpc) is 2.93. The molecule has 0 unspecified atom stereocenters. The van der Waals surface area contributed by atoms with E-state index >= 15 is 0 Å². The van der Waals surface area contributed by atoms with Crippen LogP contribution in [0.4, 0.5) is 0 Å². The van der Waals surface area contributed by atoms with Crippen LogP contribution >= 0.6 is 0 Å². The third kappa shape index (κ3) is 2.70. The molecule has 4 heteroatoms. The van der Waals surface area contributed by atoms with Gasteiger partial charge in [0.05, 0.1) is 11.9 Å². The normalized spacial score (nSPS) is 20.9. The number of phenols is 2. The highest BCUT2D eigenvalue weighted by Crippen LogP contribution is 2.37. The number of aromatic hydroxyl groups is 2. The van der Waals surface area contributed by atoms with E-state index in [2.05, 4.69) is 12.2 Å². The Labute approximate surface area is 123 Å². The van der Waals surface area contributed by atoms with Gasteiger partial charge in [-0.3, -0.25) is 4.99 Å². The largest absolute Gasteiger partial charge is 0.508 e. The summed E-state index contributed by atoms with van der Waals surface area (Å²) < 4.78 is 0. The van der Waals surface area contributed by atoms with Crippen molar-refractivity contribution < 1.29 is 10.2 Å². The van der Waals surface area contributed by atoms with Crippen molar-refractivity contribution in [2.45, 2.75) is 25.4 Å². The first-order chi connectivity index (χ1) is 10.2. The molecule has 1 aliphatic rings. The molecule has 3 rings (SSSR count). The van der Waals surface area contributed by atoms with Crippen molar-refractivity contribution in [3.63, 3.8) is 0 Å². The van der Waals surface area contributed by atoms with Crippen molar-refractivity contribution >= 4 is 5.84 Å². The number of hydrogen-bond acceptors (Lipinski definition) is 4. The van der Waals surface area contributed by atoms with E-state index in [-0.39, 0.29) is 23.6 Å². The second kappa shape index (κ2) is 5.48. The van der Waals surface area contributed by atoms with Crippen LogP contribution in [0.25, 0.3) is 0 Å². The molecule has 3 N–H and O–H groups in total. The van der Waals surface area contributed by atoms with E-state index in [1.54, 1.807) is 24.3 Å². The summed E-state index contributed by atoms with van der Waals surface area (Å²) in [6, 6.07) is 14.4. The van der Waals surface area contributed by atoms with E-state index in [1.807, 2.05) is 24.3 Å². The van der Waals surface area contributed by atoms with Crippen LogP contribution in [-0.2, 0) is 0 Å². The minimum Gasteiger partial charge on any atom is -0.508 e. The summed E-state index contributed by atoms with van der Waals surface area (Å²) in [7, 11) is 0. The molecule has 2 aromatic carbocycles. The number of benzene rings is 2. The van der Waals surface area contributed by atoms with Crippen LogP contribution in [0, 0.1) is 0 Å². The van der Waals surface area contributed by atoms with Crippen LogP contribution in [0.5, 0.6) is 11.5 Å². The average molecular weight is 282 g/mol. The summed E-state index contributed by atoms with van der Waals surface area (Å²) in [6.07, 6.45) is 0.850. The second-order valence-electron chi connectivity index (χ2n) is 5.18. The quantitative estimate of drug-likeness (QED) is 0.809. The SMILES string of the molecule is CCC1=N[C@H](c2ccc(O)cc2)[C@H](c2ccc(O)cc2)N1. The van der Waals surface area contributed by atoms with Crippen molar-refractivity contribution in [1.29, 1.82) is 0 Å². The summed E-state index contributed by atoms with van der Waals surface area (Å²) in [5.41, 5.74) is 2.14. The van der Waals surface area contributed by atoms with Crippen molar-refractivity contribution in [2.24, 2.45) is 4.99 Å². The Morgan fingerprint density at radius 2 is 1.43 bits per heavy atom. The predicted molar refractivity (Wildman–Crippen MR) is 82.6 cm³/mol. The minimum atomic E-state index is -0.0231. The monoisotopic (exact) mass is 282 g/mol. The third-order valence-corrected chi connectivity index (χ3v) is 3.75. The molecule has 4 nitrogen and oxygen atoms in total. The van der Waals surface area contributed by atoms with Crippen LogP contribution < -0.4 is 5.32 Å². The van der Waals surface area contributed by atoms with Crippen molar-refractivity contribution in [1.82, 2.24) is 5.32 Å². The molecule has 0 amide bonds. The smallest absolute Gasteiger partial charge is 0.115 e. The molecule has 1 heterocycles. The molecule has 0 saturated heterocycles.